The van der Waals surface area contributed by atoms with Crippen LogP contribution >= 0.6 is 12.4 Å². The summed E-state index contributed by atoms with van der Waals surface area (Å²) in [4.78, 5) is 0. The fourth-order valence-corrected chi connectivity index (χ4v) is 4.39. The zero-order chi connectivity index (χ0) is 13.1. The molecular weight excluding hydrogens is 260 g/mol. The number of hydrogen-bond acceptors (Lipinski definition) is 3. The third-order valence-corrected chi connectivity index (χ3v) is 5.76. The standard InChI is InChI=1S/C14H24BNO2.ClH/c1-5-6-12(16)15-17-11-8-9-7-10(13(9,2)3)14(11,4)18-15;/h5,9-12H,1,6-8,16H2,2-4H3;1H/t9-,10-,11-,12+,14-;/m0./s1. The normalized spacial score (nSPS) is 43.8. The highest BCUT2D eigenvalue weighted by Crippen LogP contribution is 2.65. The number of rotatable bonds is 3. The van der Waals surface area contributed by atoms with E-state index >= 15 is 0 Å². The van der Waals surface area contributed by atoms with E-state index in [2.05, 4.69) is 27.4 Å². The molecule has 0 aromatic rings. The SMILES string of the molecule is C=CC[C@@H](N)B1O[C@H]2C[C@@H]3C[C@@H](C3(C)C)[C@]2(C)O1.Cl. The molecule has 0 unspecified atom stereocenters. The summed E-state index contributed by atoms with van der Waals surface area (Å²) in [7, 11) is -0.256. The first kappa shape index (κ1) is 15.4. The highest BCUT2D eigenvalue weighted by atomic mass is 35.5. The summed E-state index contributed by atoms with van der Waals surface area (Å²) in [6, 6.07) is 0. The Morgan fingerprint density at radius 3 is 2.68 bits per heavy atom. The summed E-state index contributed by atoms with van der Waals surface area (Å²) in [5, 5.41) is 0. The molecule has 5 heteroatoms. The van der Waals surface area contributed by atoms with Gasteiger partial charge in [0.2, 0.25) is 0 Å². The van der Waals surface area contributed by atoms with E-state index in [1.807, 2.05) is 6.08 Å². The lowest BCUT2D eigenvalue weighted by Crippen LogP contribution is -2.65. The lowest BCUT2D eigenvalue weighted by atomic mass is 9.43. The summed E-state index contributed by atoms with van der Waals surface area (Å²) in [6.45, 7) is 10.7. The van der Waals surface area contributed by atoms with Gasteiger partial charge in [0.1, 0.15) is 0 Å². The van der Waals surface area contributed by atoms with E-state index in [9.17, 15) is 0 Å². The summed E-state index contributed by atoms with van der Waals surface area (Å²) < 4.78 is 12.3. The van der Waals surface area contributed by atoms with Gasteiger partial charge in [-0.3, -0.25) is 0 Å². The van der Waals surface area contributed by atoms with Crippen LogP contribution in [0.1, 0.15) is 40.0 Å². The molecule has 4 rings (SSSR count). The number of nitrogens with two attached hydrogens (primary N) is 1. The van der Waals surface area contributed by atoms with Crippen molar-refractivity contribution < 1.29 is 9.31 Å². The zero-order valence-corrected chi connectivity index (χ0v) is 12.9. The van der Waals surface area contributed by atoms with Crippen molar-refractivity contribution in [3.05, 3.63) is 12.7 Å². The molecule has 1 aliphatic heterocycles. The van der Waals surface area contributed by atoms with E-state index in [-0.39, 0.29) is 37.2 Å². The fraction of sp³-hybridized carbons (Fsp3) is 0.857. The monoisotopic (exact) mass is 285 g/mol. The minimum absolute atomic E-state index is 0. The molecule has 4 fully saturated rings. The maximum Gasteiger partial charge on any atom is 0.475 e. The van der Waals surface area contributed by atoms with Crippen LogP contribution < -0.4 is 5.73 Å². The third kappa shape index (κ3) is 1.99. The minimum atomic E-state index is -0.256. The molecule has 0 spiro atoms. The lowest BCUT2D eigenvalue weighted by molar-refractivity contribution is -0.199. The van der Waals surface area contributed by atoms with E-state index in [1.165, 1.54) is 6.42 Å². The summed E-state index contributed by atoms with van der Waals surface area (Å²) in [6.07, 6.45) is 5.22. The number of hydrogen-bond donors (Lipinski definition) is 1. The van der Waals surface area contributed by atoms with Crippen LogP contribution in [0.25, 0.3) is 0 Å². The van der Waals surface area contributed by atoms with E-state index in [1.54, 1.807) is 0 Å². The molecule has 1 saturated heterocycles. The molecular formula is C14H25BClNO2. The van der Waals surface area contributed by atoms with Gasteiger partial charge in [0.05, 0.1) is 11.7 Å². The Labute approximate surface area is 122 Å². The molecule has 0 amide bonds. The van der Waals surface area contributed by atoms with Gasteiger partial charge in [0, 0.05) is 5.94 Å². The van der Waals surface area contributed by atoms with Gasteiger partial charge < -0.3 is 15.0 Å². The molecule has 0 aromatic carbocycles. The smallest absolute Gasteiger partial charge is 0.404 e. The van der Waals surface area contributed by atoms with Crippen LogP contribution in [-0.2, 0) is 9.31 Å². The maximum absolute atomic E-state index is 6.26. The average molecular weight is 286 g/mol. The quantitative estimate of drug-likeness (QED) is 0.640. The predicted octanol–water partition coefficient (Wildman–Crippen LogP) is 2.58. The predicted molar refractivity (Wildman–Crippen MR) is 80.1 cm³/mol. The van der Waals surface area contributed by atoms with Crippen LogP contribution in [0.15, 0.2) is 12.7 Å². The van der Waals surface area contributed by atoms with Crippen LogP contribution in [0.3, 0.4) is 0 Å². The van der Waals surface area contributed by atoms with E-state index < -0.39 is 0 Å². The van der Waals surface area contributed by atoms with Gasteiger partial charge in [0.25, 0.3) is 0 Å². The molecule has 108 valence electrons. The molecule has 4 aliphatic rings. The summed E-state index contributed by atoms with van der Waals surface area (Å²) in [5.74, 6) is 1.30. The van der Waals surface area contributed by atoms with Crippen LogP contribution in [0, 0.1) is 17.3 Å². The first-order chi connectivity index (χ1) is 8.39. The fourth-order valence-electron chi connectivity index (χ4n) is 4.39. The highest BCUT2D eigenvalue weighted by molar-refractivity contribution is 6.47. The Hall–Kier alpha value is -0.0251. The highest BCUT2D eigenvalue weighted by Gasteiger charge is 2.68. The average Bonchev–Trinajstić information content (AvgIpc) is 2.65. The maximum atomic E-state index is 6.26. The molecule has 1 heterocycles. The lowest BCUT2D eigenvalue weighted by Gasteiger charge is -2.64. The van der Waals surface area contributed by atoms with Crippen molar-refractivity contribution in [3.8, 4) is 0 Å². The third-order valence-electron chi connectivity index (χ3n) is 5.76. The minimum Gasteiger partial charge on any atom is -0.404 e. The van der Waals surface area contributed by atoms with Gasteiger partial charge in [0.15, 0.2) is 0 Å². The van der Waals surface area contributed by atoms with E-state index in [4.69, 9.17) is 15.0 Å². The molecule has 5 atom stereocenters. The molecule has 2 N–H and O–H groups in total. The van der Waals surface area contributed by atoms with E-state index in [0.717, 1.165) is 18.8 Å². The van der Waals surface area contributed by atoms with Gasteiger partial charge >= 0.3 is 7.12 Å². The second-order valence-corrected chi connectivity index (χ2v) is 7.03. The molecule has 3 saturated carbocycles. The van der Waals surface area contributed by atoms with Crippen LogP contribution in [0.4, 0.5) is 0 Å². The van der Waals surface area contributed by atoms with Gasteiger partial charge in [-0.25, -0.2) is 0 Å². The van der Waals surface area contributed by atoms with Crippen LogP contribution in [0.2, 0.25) is 0 Å². The Morgan fingerprint density at radius 2 is 2.11 bits per heavy atom. The molecule has 3 nitrogen and oxygen atoms in total. The van der Waals surface area contributed by atoms with Gasteiger partial charge in [-0.15, -0.1) is 19.0 Å². The Morgan fingerprint density at radius 1 is 1.42 bits per heavy atom. The van der Waals surface area contributed by atoms with Crippen molar-refractivity contribution in [2.24, 2.45) is 23.0 Å². The van der Waals surface area contributed by atoms with Gasteiger partial charge in [-0.05, 0) is 43.4 Å². The molecule has 3 aliphatic carbocycles. The summed E-state index contributed by atoms with van der Waals surface area (Å²) >= 11 is 0. The Balaban J connectivity index is 0.00000133. The first-order valence-corrected chi connectivity index (χ1v) is 7.09. The topological polar surface area (TPSA) is 44.5 Å². The van der Waals surface area contributed by atoms with Crippen LogP contribution in [-0.4, -0.2) is 24.8 Å². The van der Waals surface area contributed by atoms with Gasteiger partial charge in [-0.1, -0.05) is 19.9 Å². The van der Waals surface area contributed by atoms with Crippen molar-refractivity contribution in [1.29, 1.82) is 0 Å². The van der Waals surface area contributed by atoms with Crippen LogP contribution in [0.5, 0.6) is 0 Å². The van der Waals surface area contributed by atoms with Crippen molar-refractivity contribution >= 4 is 19.5 Å². The Kier molecular flexibility index (Phi) is 3.85. The second-order valence-electron chi connectivity index (χ2n) is 7.03. The summed E-state index contributed by atoms with van der Waals surface area (Å²) in [5.41, 5.74) is 6.37. The molecule has 0 aromatic heterocycles. The zero-order valence-electron chi connectivity index (χ0n) is 12.1. The van der Waals surface area contributed by atoms with Crippen molar-refractivity contribution in [3.63, 3.8) is 0 Å². The Bertz CT molecular complexity index is 378. The molecule has 19 heavy (non-hydrogen) atoms. The van der Waals surface area contributed by atoms with Crippen molar-refractivity contribution in [2.45, 2.75) is 57.7 Å². The van der Waals surface area contributed by atoms with Gasteiger partial charge in [-0.2, -0.15) is 0 Å². The van der Waals surface area contributed by atoms with Crippen molar-refractivity contribution in [2.75, 3.05) is 0 Å². The molecule has 2 bridgehead atoms. The van der Waals surface area contributed by atoms with Crippen molar-refractivity contribution in [1.82, 2.24) is 0 Å². The number of halogens is 1. The second kappa shape index (κ2) is 4.76. The largest absolute Gasteiger partial charge is 0.475 e. The first-order valence-electron chi connectivity index (χ1n) is 7.09. The molecule has 0 radical (unpaired) electrons. The van der Waals surface area contributed by atoms with E-state index in [0.29, 0.717) is 11.3 Å².